The average Bonchev–Trinajstić information content (AvgIpc) is 2.25. The van der Waals surface area contributed by atoms with Gasteiger partial charge in [0.15, 0.2) is 11.6 Å². The molecule has 0 saturated heterocycles. The van der Waals surface area contributed by atoms with E-state index in [1.165, 1.54) is 6.20 Å². The molecule has 1 aromatic rings. The zero-order valence-electron chi connectivity index (χ0n) is 8.25. The normalized spacial score (nSPS) is 10.9. The number of nitrogens with one attached hydrogen (secondary N) is 1. The van der Waals surface area contributed by atoms with Crippen LogP contribution in [0, 0.1) is 11.6 Å². The molecule has 0 fully saturated rings. The highest BCUT2D eigenvalue weighted by molar-refractivity contribution is 14.1. The lowest BCUT2D eigenvalue weighted by molar-refractivity contribution is 0.358. The number of nitrogen functional groups attached to an aromatic ring is 1. The molecule has 88 valence electrons. The first-order valence-electron chi connectivity index (χ1n) is 4.33. The predicted octanol–water partition coefficient (Wildman–Crippen LogP) is 1.63. The van der Waals surface area contributed by atoms with Crippen molar-refractivity contribution in [3.05, 3.63) is 41.7 Å². The Labute approximate surface area is 106 Å². The largest absolute Gasteiger partial charge is 0.403 e. The Morgan fingerprint density at radius 1 is 1.38 bits per heavy atom. The Morgan fingerprint density at radius 3 is 2.56 bits per heavy atom. The lowest BCUT2D eigenvalue weighted by Crippen LogP contribution is -2.25. The van der Waals surface area contributed by atoms with Crippen molar-refractivity contribution in [2.24, 2.45) is 5.73 Å². The standard InChI is InChI=1S/C9H11F2IN4/c10-7-3-6(9(14)4-8(7)11)5-16(15-12)2-1-13/h1-4,15H,5,13-14H2/b2-1-. The Morgan fingerprint density at radius 2 is 2.00 bits per heavy atom. The van der Waals surface area contributed by atoms with Crippen LogP contribution in [0.5, 0.6) is 0 Å². The summed E-state index contributed by atoms with van der Waals surface area (Å²) in [6.07, 6.45) is 2.87. The molecule has 0 unspecified atom stereocenters. The highest BCUT2D eigenvalue weighted by Crippen LogP contribution is 2.18. The number of hydrogen-bond acceptors (Lipinski definition) is 4. The molecule has 0 radical (unpaired) electrons. The van der Waals surface area contributed by atoms with Crippen LogP contribution in [0.4, 0.5) is 14.5 Å². The van der Waals surface area contributed by atoms with Crippen molar-refractivity contribution in [3.63, 3.8) is 0 Å². The van der Waals surface area contributed by atoms with Gasteiger partial charge in [0.25, 0.3) is 0 Å². The molecule has 5 N–H and O–H groups in total. The summed E-state index contributed by atoms with van der Waals surface area (Å²) in [6.45, 7) is 0.277. The number of rotatable bonds is 4. The van der Waals surface area contributed by atoms with Gasteiger partial charge in [-0.25, -0.2) is 8.78 Å². The summed E-state index contributed by atoms with van der Waals surface area (Å²) in [5, 5.41) is 1.57. The number of nitrogens with zero attached hydrogens (tertiary/aromatic N) is 1. The average molecular weight is 340 g/mol. The van der Waals surface area contributed by atoms with E-state index < -0.39 is 11.6 Å². The molecule has 16 heavy (non-hydrogen) atoms. The molecule has 0 amide bonds. The number of hydrazine groups is 1. The summed E-state index contributed by atoms with van der Waals surface area (Å²) in [4.78, 5) is 0. The summed E-state index contributed by atoms with van der Waals surface area (Å²) in [7, 11) is 0. The van der Waals surface area contributed by atoms with Gasteiger partial charge in [0.05, 0.1) is 6.54 Å². The molecule has 0 bridgehead atoms. The smallest absolute Gasteiger partial charge is 0.160 e. The minimum absolute atomic E-state index is 0.195. The second kappa shape index (κ2) is 5.85. The number of nitrogens with two attached hydrogens (primary N) is 2. The summed E-state index contributed by atoms with van der Waals surface area (Å²) in [6, 6.07) is 2.03. The molecular weight excluding hydrogens is 329 g/mol. The van der Waals surface area contributed by atoms with Gasteiger partial charge in [0.2, 0.25) is 0 Å². The molecule has 1 rings (SSSR count). The van der Waals surface area contributed by atoms with Gasteiger partial charge in [-0.15, -0.1) is 0 Å². The quantitative estimate of drug-likeness (QED) is 0.337. The van der Waals surface area contributed by atoms with Crippen molar-refractivity contribution in [1.82, 2.24) is 8.65 Å². The molecule has 0 saturated carbocycles. The van der Waals surface area contributed by atoms with E-state index in [0.29, 0.717) is 5.56 Å². The lowest BCUT2D eigenvalue weighted by Gasteiger charge is -2.18. The van der Waals surface area contributed by atoms with Crippen LogP contribution in [0.25, 0.3) is 0 Å². The van der Waals surface area contributed by atoms with E-state index in [4.69, 9.17) is 11.5 Å². The van der Waals surface area contributed by atoms with Crippen LogP contribution < -0.4 is 15.1 Å². The maximum absolute atomic E-state index is 13.0. The monoisotopic (exact) mass is 340 g/mol. The number of anilines is 1. The van der Waals surface area contributed by atoms with Crippen LogP contribution in [0.15, 0.2) is 24.5 Å². The molecule has 0 heterocycles. The minimum Gasteiger partial charge on any atom is -0.403 e. The second-order valence-electron chi connectivity index (χ2n) is 3.02. The minimum atomic E-state index is -0.954. The molecular formula is C9H11F2IN4. The first-order valence-corrected chi connectivity index (χ1v) is 5.41. The Bertz CT molecular complexity index is 397. The molecule has 0 atom stereocenters. The van der Waals surface area contributed by atoms with E-state index in [2.05, 4.69) is 3.64 Å². The van der Waals surface area contributed by atoms with Crippen molar-refractivity contribution in [2.75, 3.05) is 5.73 Å². The van der Waals surface area contributed by atoms with Crippen LogP contribution in [0.2, 0.25) is 0 Å². The summed E-state index contributed by atoms with van der Waals surface area (Å²) in [5.41, 5.74) is 11.5. The molecule has 1 aromatic carbocycles. The molecule has 0 aliphatic rings. The molecule has 0 aromatic heterocycles. The summed E-state index contributed by atoms with van der Waals surface area (Å²) in [5.74, 6) is -1.88. The van der Waals surface area contributed by atoms with Crippen LogP contribution in [-0.2, 0) is 6.54 Å². The van der Waals surface area contributed by atoms with Gasteiger partial charge < -0.3 is 16.5 Å². The number of benzene rings is 1. The topological polar surface area (TPSA) is 67.3 Å². The third-order valence-electron chi connectivity index (χ3n) is 1.90. The van der Waals surface area contributed by atoms with Crippen molar-refractivity contribution >= 4 is 28.6 Å². The first kappa shape index (κ1) is 13.0. The van der Waals surface area contributed by atoms with Gasteiger partial charge in [-0.1, -0.05) is 0 Å². The van der Waals surface area contributed by atoms with E-state index in [-0.39, 0.29) is 12.2 Å². The number of hydrogen-bond donors (Lipinski definition) is 3. The van der Waals surface area contributed by atoms with E-state index >= 15 is 0 Å². The van der Waals surface area contributed by atoms with Gasteiger partial charge >= 0.3 is 0 Å². The van der Waals surface area contributed by atoms with E-state index in [9.17, 15) is 8.78 Å². The van der Waals surface area contributed by atoms with Crippen LogP contribution in [0.3, 0.4) is 0 Å². The molecule has 0 spiro atoms. The molecule has 7 heteroatoms. The fraction of sp³-hybridized carbons (Fsp3) is 0.111. The van der Waals surface area contributed by atoms with Gasteiger partial charge in [0.1, 0.15) is 0 Å². The van der Waals surface area contributed by atoms with Gasteiger partial charge in [-0.2, -0.15) is 3.64 Å². The van der Waals surface area contributed by atoms with Crippen LogP contribution in [0.1, 0.15) is 5.56 Å². The highest BCUT2D eigenvalue weighted by Gasteiger charge is 2.09. The first-order chi connectivity index (χ1) is 7.58. The van der Waals surface area contributed by atoms with Crippen molar-refractivity contribution in [2.45, 2.75) is 6.54 Å². The van der Waals surface area contributed by atoms with Gasteiger partial charge in [-0.3, -0.25) is 0 Å². The molecule has 0 aliphatic carbocycles. The fourth-order valence-corrected chi connectivity index (χ4v) is 1.47. The fourth-order valence-electron chi connectivity index (χ4n) is 1.14. The lowest BCUT2D eigenvalue weighted by atomic mass is 10.1. The molecule has 0 aliphatic heterocycles. The van der Waals surface area contributed by atoms with Crippen molar-refractivity contribution < 1.29 is 8.78 Å². The van der Waals surface area contributed by atoms with Crippen molar-refractivity contribution in [1.29, 1.82) is 0 Å². The van der Waals surface area contributed by atoms with E-state index in [1.807, 2.05) is 22.9 Å². The maximum Gasteiger partial charge on any atom is 0.160 e. The highest BCUT2D eigenvalue weighted by atomic mass is 127. The zero-order chi connectivity index (χ0) is 12.1. The summed E-state index contributed by atoms with van der Waals surface area (Å²) < 4.78 is 28.6. The number of halogens is 3. The molecule has 4 nitrogen and oxygen atoms in total. The maximum atomic E-state index is 13.0. The van der Waals surface area contributed by atoms with Crippen molar-refractivity contribution in [3.8, 4) is 0 Å². The predicted molar refractivity (Wildman–Crippen MR) is 66.8 cm³/mol. The Balaban J connectivity index is 2.92. The van der Waals surface area contributed by atoms with E-state index in [1.54, 1.807) is 11.2 Å². The Kier molecular flexibility index (Phi) is 4.74. The third kappa shape index (κ3) is 3.20. The van der Waals surface area contributed by atoms with Gasteiger partial charge in [0, 0.05) is 47.0 Å². The van der Waals surface area contributed by atoms with Gasteiger partial charge in [-0.05, 0) is 11.6 Å². The van der Waals surface area contributed by atoms with E-state index in [0.717, 1.165) is 12.1 Å². The van der Waals surface area contributed by atoms with Crippen LogP contribution >= 0.6 is 22.9 Å². The Hall–Kier alpha value is -1.09. The van der Waals surface area contributed by atoms with Crippen LogP contribution in [-0.4, -0.2) is 5.01 Å². The third-order valence-corrected chi connectivity index (χ3v) is 2.52. The SMILES string of the molecule is N/C=C\N(Cc1cc(F)c(F)cc1N)NI. The summed E-state index contributed by atoms with van der Waals surface area (Å²) >= 11 is 1.89. The zero-order valence-corrected chi connectivity index (χ0v) is 10.4. The second-order valence-corrected chi connectivity index (χ2v) is 3.50.